The Labute approximate surface area is 89.6 Å². The Bertz CT molecular complexity index is 646. The fourth-order valence-corrected chi connectivity index (χ4v) is 2.80. The fourth-order valence-electron chi connectivity index (χ4n) is 1.72. The molecule has 2 aromatic rings. The van der Waals surface area contributed by atoms with Gasteiger partial charge in [0.25, 0.3) is 5.56 Å². The molecule has 15 heavy (non-hydrogen) atoms. The summed E-state index contributed by atoms with van der Waals surface area (Å²) in [4.78, 5) is 11.9. The highest BCUT2D eigenvalue weighted by atomic mass is 32.1. The van der Waals surface area contributed by atoms with Gasteiger partial charge in [-0.15, -0.1) is 11.3 Å². The van der Waals surface area contributed by atoms with Gasteiger partial charge in [0, 0.05) is 12.6 Å². The molecule has 0 aromatic carbocycles. The number of hydrogen-bond acceptors (Lipinski definition) is 3. The molecule has 0 N–H and O–H groups in total. The second-order valence-corrected chi connectivity index (χ2v) is 4.48. The van der Waals surface area contributed by atoms with Gasteiger partial charge < -0.3 is 4.42 Å². The Morgan fingerprint density at radius 2 is 2.47 bits per heavy atom. The Balaban J connectivity index is 2.26. The van der Waals surface area contributed by atoms with Gasteiger partial charge in [0.1, 0.15) is 5.76 Å². The molecule has 2 aromatic heterocycles. The van der Waals surface area contributed by atoms with Crippen LogP contribution >= 0.6 is 11.3 Å². The smallest absolute Gasteiger partial charge is 0.269 e. The van der Waals surface area contributed by atoms with Gasteiger partial charge in [0.2, 0.25) is 0 Å². The number of nitrogens with zero attached hydrogens (tertiary/aromatic N) is 1. The monoisotopic (exact) mass is 219 g/mol. The van der Waals surface area contributed by atoms with Crippen LogP contribution in [-0.4, -0.2) is 4.57 Å². The molecule has 1 aliphatic heterocycles. The number of furan rings is 1. The van der Waals surface area contributed by atoms with E-state index in [-0.39, 0.29) is 5.56 Å². The molecule has 0 aliphatic carbocycles. The maximum absolute atomic E-state index is 11.9. The fraction of sp³-hybridized carbons (Fsp3) is 0.182. The van der Waals surface area contributed by atoms with Crippen LogP contribution in [0, 0.1) is 0 Å². The topological polar surface area (TPSA) is 35.1 Å². The van der Waals surface area contributed by atoms with Crippen LogP contribution in [0.4, 0.5) is 0 Å². The van der Waals surface area contributed by atoms with Gasteiger partial charge in [-0.2, -0.15) is 0 Å². The Morgan fingerprint density at radius 3 is 3.20 bits per heavy atom. The molecule has 3 heterocycles. The zero-order valence-electron chi connectivity index (χ0n) is 7.97. The van der Waals surface area contributed by atoms with Crippen LogP contribution in [0.3, 0.4) is 0 Å². The van der Waals surface area contributed by atoms with Gasteiger partial charge in [0.15, 0.2) is 0 Å². The minimum absolute atomic E-state index is 0.0974. The van der Waals surface area contributed by atoms with Crippen molar-refractivity contribution in [3.8, 4) is 0 Å². The van der Waals surface area contributed by atoms with Crippen molar-refractivity contribution in [3.05, 3.63) is 43.7 Å². The maximum atomic E-state index is 11.9. The van der Waals surface area contributed by atoms with E-state index in [4.69, 9.17) is 4.42 Å². The van der Waals surface area contributed by atoms with Crippen molar-refractivity contribution in [1.82, 2.24) is 4.57 Å². The molecule has 76 valence electrons. The van der Waals surface area contributed by atoms with E-state index in [9.17, 15) is 4.79 Å². The second kappa shape index (κ2) is 3.24. The minimum atomic E-state index is 0.0974. The highest BCUT2D eigenvalue weighted by Crippen LogP contribution is 2.00. The highest BCUT2D eigenvalue weighted by molar-refractivity contribution is 7.07. The van der Waals surface area contributed by atoms with Gasteiger partial charge >= 0.3 is 0 Å². The molecule has 0 atom stereocenters. The lowest BCUT2D eigenvalue weighted by Crippen LogP contribution is -2.28. The Kier molecular flexibility index (Phi) is 1.89. The summed E-state index contributed by atoms with van der Waals surface area (Å²) in [7, 11) is 0. The second-order valence-electron chi connectivity index (χ2n) is 3.41. The van der Waals surface area contributed by atoms with Crippen molar-refractivity contribution in [2.45, 2.75) is 13.0 Å². The number of fused-ring (bicyclic) bond motifs is 1. The molecule has 0 unspecified atom stereocenters. The van der Waals surface area contributed by atoms with Crippen molar-refractivity contribution in [1.29, 1.82) is 0 Å². The Morgan fingerprint density at radius 1 is 1.53 bits per heavy atom. The lowest BCUT2D eigenvalue weighted by Gasteiger charge is -1.87. The third-order valence-corrected chi connectivity index (χ3v) is 3.53. The van der Waals surface area contributed by atoms with Crippen LogP contribution < -0.4 is 14.8 Å². The molecular formula is C11H9NO2S. The summed E-state index contributed by atoms with van der Waals surface area (Å²) in [5, 5.41) is 0. The summed E-state index contributed by atoms with van der Waals surface area (Å²) < 4.78 is 8.82. The zero-order chi connectivity index (χ0) is 10.3. The molecular weight excluding hydrogens is 210 g/mol. The summed E-state index contributed by atoms with van der Waals surface area (Å²) in [6.07, 6.45) is 6.48. The standard InChI is InChI=1S/C11H9NO2S/c13-11-9(7-8-3-2-6-14-8)15-10-4-1-5-12(10)11/h2-4,6-7H,1,5H2/b9-7+. The summed E-state index contributed by atoms with van der Waals surface area (Å²) in [5.41, 5.74) is 0.0974. The van der Waals surface area contributed by atoms with Crippen molar-refractivity contribution in [2.24, 2.45) is 0 Å². The molecule has 3 rings (SSSR count). The summed E-state index contributed by atoms with van der Waals surface area (Å²) in [5.74, 6) is 0.729. The molecule has 3 nitrogen and oxygen atoms in total. The predicted molar refractivity (Wildman–Crippen MR) is 59.2 cm³/mol. The van der Waals surface area contributed by atoms with Gasteiger partial charge in [-0.25, -0.2) is 0 Å². The van der Waals surface area contributed by atoms with Crippen molar-refractivity contribution < 1.29 is 4.42 Å². The van der Waals surface area contributed by atoms with E-state index in [1.54, 1.807) is 12.3 Å². The van der Waals surface area contributed by atoms with Crippen LogP contribution in [-0.2, 0) is 6.54 Å². The lowest BCUT2D eigenvalue weighted by atomic mass is 10.4. The molecule has 0 fully saturated rings. The SMILES string of the molecule is O=c1/c(=C\c2ccco2)sc2n1CCC=2. The number of hydrogen-bond donors (Lipinski definition) is 0. The van der Waals surface area contributed by atoms with E-state index in [0.29, 0.717) is 0 Å². The van der Waals surface area contributed by atoms with E-state index in [0.717, 1.165) is 27.9 Å². The van der Waals surface area contributed by atoms with Gasteiger partial charge in [0.05, 0.1) is 15.5 Å². The molecule has 0 amide bonds. The van der Waals surface area contributed by atoms with E-state index in [1.807, 2.05) is 16.7 Å². The average molecular weight is 219 g/mol. The number of rotatable bonds is 1. The van der Waals surface area contributed by atoms with Crippen LogP contribution in [0.25, 0.3) is 12.2 Å². The molecule has 0 bridgehead atoms. The summed E-state index contributed by atoms with van der Waals surface area (Å²) in [6.45, 7) is 0.816. The Hall–Kier alpha value is -1.55. The zero-order valence-corrected chi connectivity index (χ0v) is 8.79. The van der Waals surface area contributed by atoms with E-state index in [1.165, 1.54) is 11.3 Å². The van der Waals surface area contributed by atoms with Crippen LogP contribution in [0.2, 0.25) is 0 Å². The third kappa shape index (κ3) is 1.37. The predicted octanol–water partition coefficient (Wildman–Crippen LogP) is 0.516. The summed E-state index contributed by atoms with van der Waals surface area (Å²) in [6, 6.07) is 3.66. The van der Waals surface area contributed by atoms with Crippen molar-refractivity contribution in [2.75, 3.05) is 0 Å². The highest BCUT2D eigenvalue weighted by Gasteiger charge is 2.08. The normalized spacial score (nSPS) is 15.3. The first-order chi connectivity index (χ1) is 7.34. The first kappa shape index (κ1) is 8.73. The summed E-state index contributed by atoms with van der Waals surface area (Å²) >= 11 is 1.53. The van der Waals surface area contributed by atoms with Crippen LogP contribution in [0.1, 0.15) is 12.2 Å². The third-order valence-electron chi connectivity index (χ3n) is 2.42. The largest absolute Gasteiger partial charge is 0.465 e. The molecule has 1 aliphatic rings. The van der Waals surface area contributed by atoms with Gasteiger partial charge in [-0.05, 0) is 24.6 Å². The van der Waals surface area contributed by atoms with Crippen LogP contribution in [0.15, 0.2) is 27.6 Å². The molecule has 0 saturated heterocycles. The van der Waals surface area contributed by atoms with Gasteiger partial charge in [-0.3, -0.25) is 9.36 Å². The molecule has 4 heteroatoms. The number of thiazole rings is 1. The molecule has 0 saturated carbocycles. The first-order valence-electron chi connectivity index (χ1n) is 4.80. The molecule has 0 spiro atoms. The number of aromatic nitrogens is 1. The molecule has 0 radical (unpaired) electrons. The lowest BCUT2D eigenvalue weighted by molar-refractivity contribution is 0.556. The minimum Gasteiger partial charge on any atom is -0.465 e. The maximum Gasteiger partial charge on any atom is 0.269 e. The van der Waals surface area contributed by atoms with E-state index < -0.39 is 0 Å². The van der Waals surface area contributed by atoms with E-state index >= 15 is 0 Å². The average Bonchev–Trinajstić information content (AvgIpc) is 2.89. The first-order valence-corrected chi connectivity index (χ1v) is 5.61. The quantitative estimate of drug-likeness (QED) is 0.700. The van der Waals surface area contributed by atoms with Gasteiger partial charge in [-0.1, -0.05) is 0 Å². The van der Waals surface area contributed by atoms with E-state index in [2.05, 4.69) is 6.08 Å². The van der Waals surface area contributed by atoms with Crippen molar-refractivity contribution >= 4 is 23.5 Å². The van der Waals surface area contributed by atoms with Crippen LogP contribution in [0.5, 0.6) is 0 Å². The van der Waals surface area contributed by atoms with Crippen molar-refractivity contribution in [3.63, 3.8) is 0 Å².